The first-order valence-electron chi connectivity index (χ1n) is 5.99. The van der Waals surface area contributed by atoms with Crippen molar-refractivity contribution >= 4 is 21.8 Å². The summed E-state index contributed by atoms with van der Waals surface area (Å²) in [7, 11) is -3.31. The highest BCUT2D eigenvalue weighted by Gasteiger charge is 2.35. The van der Waals surface area contributed by atoms with Gasteiger partial charge in [0.25, 0.3) is 0 Å². The summed E-state index contributed by atoms with van der Waals surface area (Å²) in [6.45, 7) is 1.71. The van der Waals surface area contributed by atoms with Crippen LogP contribution in [0.4, 0.5) is 0 Å². The molecule has 1 aliphatic heterocycles. The van der Waals surface area contributed by atoms with Gasteiger partial charge in [-0.1, -0.05) is 0 Å². The quantitative estimate of drug-likeness (QED) is 0.772. The Hall–Kier alpha value is -1.89. The van der Waals surface area contributed by atoms with Crippen molar-refractivity contribution in [3.8, 4) is 0 Å². The predicted molar refractivity (Wildman–Crippen MR) is 68.9 cm³/mol. The summed E-state index contributed by atoms with van der Waals surface area (Å²) in [5, 5.41) is 0. The highest BCUT2D eigenvalue weighted by Crippen LogP contribution is 2.19. The molecule has 0 saturated carbocycles. The van der Waals surface area contributed by atoms with Crippen molar-refractivity contribution in [2.24, 2.45) is 0 Å². The number of ether oxygens (including phenoxy) is 2. The average Bonchev–Trinajstić information content (AvgIpc) is 2.67. The monoisotopic (exact) mass is 298 g/mol. The van der Waals surface area contributed by atoms with Gasteiger partial charge < -0.3 is 9.47 Å². The zero-order valence-electron chi connectivity index (χ0n) is 11.0. The molecular formula is C13H14O6S. The van der Waals surface area contributed by atoms with Crippen LogP contribution in [0, 0.1) is 0 Å². The molecule has 1 saturated heterocycles. The Bertz CT molecular complexity index is 631. The van der Waals surface area contributed by atoms with Gasteiger partial charge in [-0.05, 0) is 31.2 Å². The van der Waals surface area contributed by atoms with E-state index in [1.807, 2.05) is 0 Å². The molecule has 1 fully saturated rings. The number of benzene rings is 1. The number of esters is 2. The molecule has 0 amide bonds. The Kier molecular flexibility index (Phi) is 3.80. The van der Waals surface area contributed by atoms with E-state index >= 15 is 0 Å². The van der Waals surface area contributed by atoms with E-state index in [0.717, 1.165) is 6.26 Å². The second-order valence-corrected chi connectivity index (χ2v) is 6.69. The lowest BCUT2D eigenvalue weighted by molar-refractivity contribution is -0.147. The maximum atomic E-state index is 11.8. The van der Waals surface area contributed by atoms with Crippen molar-refractivity contribution in [3.63, 3.8) is 0 Å². The van der Waals surface area contributed by atoms with Crippen LogP contribution in [0.3, 0.4) is 0 Å². The van der Waals surface area contributed by atoms with Gasteiger partial charge in [0.15, 0.2) is 9.84 Å². The number of hydrogen-bond acceptors (Lipinski definition) is 6. The summed E-state index contributed by atoms with van der Waals surface area (Å²) < 4.78 is 32.5. The first-order chi connectivity index (χ1) is 9.27. The molecule has 0 radical (unpaired) electrons. The van der Waals surface area contributed by atoms with Crippen LogP contribution < -0.4 is 0 Å². The predicted octanol–water partition coefficient (Wildman–Crippen LogP) is 0.951. The van der Waals surface area contributed by atoms with Crippen molar-refractivity contribution < 1.29 is 27.5 Å². The van der Waals surface area contributed by atoms with Crippen LogP contribution in [0.1, 0.15) is 23.7 Å². The molecule has 0 aliphatic carbocycles. The number of carbonyl (C=O) groups excluding carboxylic acids is 2. The Balaban J connectivity index is 2.08. The van der Waals surface area contributed by atoms with Gasteiger partial charge in [0.1, 0.15) is 6.10 Å². The maximum absolute atomic E-state index is 11.8. The van der Waals surface area contributed by atoms with Crippen molar-refractivity contribution in [1.29, 1.82) is 0 Å². The Morgan fingerprint density at radius 1 is 1.30 bits per heavy atom. The molecule has 6 nitrogen and oxygen atoms in total. The zero-order valence-corrected chi connectivity index (χ0v) is 11.8. The van der Waals surface area contributed by atoms with Crippen LogP contribution in [-0.2, 0) is 24.1 Å². The Morgan fingerprint density at radius 2 is 1.90 bits per heavy atom. The molecule has 2 unspecified atom stereocenters. The van der Waals surface area contributed by atoms with Crippen LogP contribution in [0.15, 0.2) is 29.2 Å². The van der Waals surface area contributed by atoms with E-state index in [1.54, 1.807) is 6.92 Å². The lowest BCUT2D eigenvalue weighted by Gasteiger charge is -2.08. The minimum atomic E-state index is -3.31. The van der Waals surface area contributed by atoms with Crippen LogP contribution in [-0.4, -0.2) is 38.8 Å². The van der Waals surface area contributed by atoms with E-state index in [0.29, 0.717) is 6.42 Å². The maximum Gasteiger partial charge on any atom is 0.347 e. The van der Waals surface area contributed by atoms with Crippen LogP contribution in [0.5, 0.6) is 0 Å². The third-order valence-electron chi connectivity index (χ3n) is 2.89. The van der Waals surface area contributed by atoms with E-state index in [-0.39, 0.29) is 16.6 Å². The normalized spacial score (nSPS) is 22.4. The summed E-state index contributed by atoms with van der Waals surface area (Å²) in [6.07, 6.45) is 0.238. The average molecular weight is 298 g/mol. The molecule has 108 valence electrons. The molecular weight excluding hydrogens is 284 g/mol. The van der Waals surface area contributed by atoms with Gasteiger partial charge in [-0.3, -0.25) is 0 Å². The van der Waals surface area contributed by atoms with E-state index in [1.165, 1.54) is 24.3 Å². The Labute approximate surface area is 116 Å². The standard InChI is InChI=1S/C13H14O6S/c1-8-7-11(13(15)18-8)19-12(14)9-3-5-10(6-4-9)20(2,16)17/h3-6,8,11H,7H2,1-2H3. The smallest absolute Gasteiger partial charge is 0.347 e. The van der Waals surface area contributed by atoms with Gasteiger partial charge in [0.2, 0.25) is 6.10 Å². The molecule has 1 aromatic carbocycles. The molecule has 1 aromatic rings. The Morgan fingerprint density at radius 3 is 2.35 bits per heavy atom. The van der Waals surface area contributed by atoms with Gasteiger partial charge in [-0.25, -0.2) is 18.0 Å². The molecule has 1 heterocycles. The van der Waals surface area contributed by atoms with Crippen molar-refractivity contribution in [2.45, 2.75) is 30.4 Å². The lowest BCUT2D eigenvalue weighted by atomic mass is 10.2. The fourth-order valence-corrected chi connectivity index (χ4v) is 2.48. The minimum Gasteiger partial charge on any atom is -0.460 e. The van der Waals surface area contributed by atoms with Gasteiger partial charge in [-0.15, -0.1) is 0 Å². The van der Waals surface area contributed by atoms with E-state index < -0.39 is 27.9 Å². The third kappa shape index (κ3) is 3.16. The third-order valence-corrected chi connectivity index (χ3v) is 4.02. The number of rotatable bonds is 3. The van der Waals surface area contributed by atoms with Crippen LogP contribution in [0.2, 0.25) is 0 Å². The number of hydrogen-bond donors (Lipinski definition) is 0. The molecule has 7 heteroatoms. The van der Waals surface area contributed by atoms with E-state index in [4.69, 9.17) is 9.47 Å². The summed E-state index contributed by atoms with van der Waals surface area (Å²) in [5.41, 5.74) is 0.185. The first-order valence-corrected chi connectivity index (χ1v) is 7.88. The molecule has 20 heavy (non-hydrogen) atoms. The molecule has 0 spiro atoms. The van der Waals surface area contributed by atoms with Gasteiger partial charge >= 0.3 is 11.9 Å². The van der Waals surface area contributed by atoms with E-state index in [2.05, 4.69) is 0 Å². The summed E-state index contributed by atoms with van der Waals surface area (Å²) in [6, 6.07) is 5.34. The first kappa shape index (κ1) is 14.5. The molecule has 0 aromatic heterocycles. The van der Waals surface area contributed by atoms with Crippen molar-refractivity contribution in [2.75, 3.05) is 6.26 Å². The van der Waals surface area contributed by atoms with Crippen molar-refractivity contribution in [3.05, 3.63) is 29.8 Å². The van der Waals surface area contributed by atoms with Gasteiger partial charge in [0, 0.05) is 12.7 Å². The van der Waals surface area contributed by atoms with Gasteiger partial charge in [-0.2, -0.15) is 0 Å². The van der Waals surface area contributed by atoms with E-state index in [9.17, 15) is 18.0 Å². The topological polar surface area (TPSA) is 86.7 Å². The lowest BCUT2D eigenvalue weighted by Crippen LogP contribution is -2.22. The minimum absolute atomic E-state index is 0.114. The zero-order chi connectivity index (χ0) is 14.9. The molecule has 0 N–H and O–H groups in total. The van der Waals surface area contributed by atoms with Crippen LogP contribution in [0.25, 0.3) is 0 Å². The number of cyclic esters (lactones) is 1. The molecule has 0 bridgehead atoms. The summed E-state index contributed by atoms with van der Waals surface area (Å²) in [5.74, 6) is -1.24. The summed E-state index contributed by atoms with van der Waals surface area (Å²) in [4.78, 5) is 23.3. The fraction of sp³-hybridized carbons (Fsp3) is 0.385. The largest absolute Gasteiger partial charge is 0.460 e. The molecule has 2 rings (SSSR count). The summed E-state index contributed by atoms with van der Waals surface area (Å²) >= 11 is 0. The number of sulfone groups is 1. The van der Waals surface area contributed by atoms with Crippen LogP contribution >= 0.6 is 0 Å². The fourth-order valence-electron chi connectivity index (χ4n) is 1.85. The SMILES string of the molecule is CC1CC(OC(=O)c2ccc(S(C)(=O)=O)cc2)C(=O)O1. The molecule has 2 atom stereocenters. The second-order valence-electron chi connectivity index (χ2n) is 4.67. The molecule has 1 aliphatic rings. The van der Waals surface area contributed by atoms with Gasteiger partial charge in [0.05, 0.1) is 10.5 Å². The second kappa shape index (κ2) is 5.24. The highest BCUT2D eigenvalue weighted by atomic mass is 32.2. The van der Waals surface area contributed by atoms with Crippen molar-refractivity contribution in [1.82, 2.24) is 0 Å². The number of carbonyl (C=O) groups is 2. The highest BCUT2D eigenvalue weighted by molar-refractivity contribution is 7.90.